The van der Waals surface area contributed by atoms with E-state index >= 15 is 0 Å². The van der Waals surface area contributed by atoms with Gasteiger partial charge in [0, 0.05) is 51.0 Å². The first-order chi connectivity index (χ1) is 22.4. The van der Waals surface area contributed by atoms with Crippen molar-refractivity contribution in [2.45, 2.75) is 95.9 Å². The molecule has 3 atom stereocenters. The summed E-state index contributed by atoms with van der Waals surface area (Å²) in [6, 6.07) is 2.76. The van der Waals surface area contributed by atoms with E-state index in [2.05, 4.69) is 20.6 Å². The molecule has 0 unspecified atom stereocenters. The summed E-state index contributed by atoms with van der Waals surface area (Å²) >= 11 is 0. The summed E-state index contributed by atoms with van der Waals surface area (Å²) in [7, 11) is 0. The first-order valence-electron chi connectivity index (χ1n) is 16.6. The Hall–Kier alpha value is -3.62. The molecule has 3 aromatic heterocycles. The van der Waals surface area contributed by atoms with E-state index in [1.54, 1.807) is 16.9 Å². The van der Waals surface area contributed by atoms with Crippen LogP contribution in [0.4, 0.5) is 22.0 Å². The third-order valence-corrected chi connectivity index (χ3v) is 9.93. The highest BCUT2D eigenvalue weighted by Crippen LogP contribution is 2.41. The zero-order chi connectivity index (χ0) is 33.3. The number of nitrogens with one attached hydrogen (secondary N) is 2. The molecule has 256 valence electrons. The largest absolute Gasteiger partial charge is 0.393 e. The lowest BCUT2D eigenvalue weighted by Gasteiger charge is -2.33. The number of hydrogen-bond donors (Lipinski definition) is 2. The zero-order valence-corrected chi connectivity index (χ0v) is 26.4. The second kappa shape index (κ2) is 13.5. The molecule has 0 bridgehead atoms. The zero-order valence-electron chi connectivity index (χ0n) is 26.4. The van der Waals surface area contributed by atoms with Crippen LogP contribution in [0.5, 0.6) is 0 Å². The van der Waals surface area contributed by atoms with Crippen molar-refractivity contribution in [3.8, 4) is 0 Å². The van der Waals surface area contributed by atoms with Gasteiger partial charge in [-0.2, -0.15) is 23.4 Å². The van der Waals surface area contributed by atoms with Gasteiger partial charge in [-0.1, -0.05) is 6.42 Å². The minimum absolute atomic E-state index is 0.0317. The lowest BCUT2D eigenvalue weighted by molar-refractivity contribution is -0.183. The first kappa shape index (κ1) is 33.3. The van der Waals surface area contributed by atoms with Gasteiger partial charge in [-0.05, 0) is 75.7 Å². The lowest BCUT2D eigenvalue weighted by Crippen LogP contribution is -2.47. The fraction of sp³-hybridized carbons (Fsp3) is 0.656. The first-order valence-corrected chi connectivity index (χ1v) is 16.6. The number of carbonyl (C=O) groups excluding carboxylic acids is 2. The van der Waals surface area contributed by atoms with Crippen LogP contribution in [-0.4, -0.2) is 72.8 Å². The number of fused-ring (bicyclic) bond motifs is 1. The highest BCUT2D eigenvalue weighted by atomic mass is 19.4. The second-order valence-corrected chi connectivity index (χ2v) is 13.2. The molecule has 3 aliphatic rings. The van der Waals surface area contributed by atoms with Crippen LogP contribution < -0.4 is 10.6 Å². The van der Waals surface area contributed by atoms with Crippen molar-refractivity contribution in [2.75, 3.05) is 19.6 Å². The maximum atomic E-state index is 14.2. The molecule has 0 aromatic carbocycles. The van der Waals surface area contributed by atoms with Gasteiger partial charge >= 0.3 is 6.18 Å². The van der Waals surface area contributed by atoms with Crippen LogP contribution in [0.3, 0.4) is 0 Å². The van der Waals surface area contributed by atoms with E-state index < -0.39 is 48.3 Å². The van der Waals surface area contributed by atoms with Crippen molar-refractivity contribution >= 4 is 17.5 Å². The van der Waals surface area contributed by atoms with E-state index in [0.29, 0.717) is 35.8 Å². The fourth-order valence-electron chi connectivity index (χ4n) is 7.22. The molecule has 47 heavy (non-hydrogen) atoms. The Morgan fingerprint density at radius 2 is 1.91 bits per heavy atom. The average molecular weight is 665 g/mol. The highest BCUT2D eigenvalue weighted by Gasteiger charge is 2.45. The van der Waals surface area contributed by atoms with Crippen molar-refractivity contribution in [3.63, 3.8) is 0 Å². The quantitative estimate of drug-likeness (QED) is 0.309. The standard InChI is InChI=1S/C32H41F5N8O2/c1-2-44-26(8-11-39-44)30(47)41-28(20-6-9-31(33,34)10-7-20)25-19-45-27(40-25)16-22(18-43-12-4-3-5-13-43)24(42-45)15-21-14-23(32(35,36)37)17-38-29(21)46/h8,11,16,19-21,23,28H,2-7,9-10,12-15,17-18H2,1H3,(H,38,46)(H,41,47)/t21-,23-,28+/m1/s1. The van der Waals surface area contributed by atoms with E-state index in [4.69, 9.17) is 10.1 Å². The van der Waals surface area contributed by atoms with Gasteiger partial charge in [-0.25, -0.2) is 18.3 Å². The molecule has 2 aliphatic heterocycles. The molecular formula is C32H41F5N8O2. The minimum atomic E-state index is -4.42. The number of aromatic nitrogens is 5. The van der Waals surface area contributed by atoms with Crippen molar-refractivity contribution in [1.82, 2.24) is 39.9 Å². The summed E-state index contributed by atoms with van der Waals surface area (Å²) in [6.45, 7) is 4.16. The fourth-order valence-corrected chi connectivity index (χ4v) is 7.22. The van der Waals surface area contributed by atoms with Crippen LogP contribution in [0.15, 0.2) is 24.5 Å². The summed E-state index contributed by atoms with van der Waals surface area (Å²) in [4.78, 5) is 33.3. The summed E-state index contributed by atoms with van der Waals surface area (Å²) in [6.07, 6.45) is 1.46. The van der Waals surface area contributed by atoms with Gasteiger partial charge in [0.15, 0.2) is 5.65 Å². The number of nitrogens with zero attached hydrogens (tertiary/aromatic N) is 6. The molecule has 10 nitrogen and oxygen atoms in total. The minimum Gasteiger partial charge on any atom is -0.355 e. The third-order valence-electron chi connectivity index (χ3n) is 9.93. The molecule has 1 aliphatic carbocycles. The summed E-state index contributed by atoms with van der Waals surface area (Å²) in [5, 5.41) is 14.4. The van der Waals surface area contributed by atoms with Crippen molar-refractivity contribution in [3.05, 3.63) is 47.2 Å². The summed E-state index contributed by atoms with van der Waals surface area (Å²) in [5.41, 5.74) is 2.56. The Balaban J connectivity index is 1.34. The van der Waals surface area contributed by atoms with E-state index in [9.17, 15) is 31.5 Å². The number of alkyl halides is 5. The molecule has 2 saturated heterocycles. The lowest BCUT2D eigenvalue weighted by atomic mass is 9.81. The van der Waals surface area contributed by atoms with Crippen LogP contribution in [-0.2, 0) is 24.3 Å². The highest BCUT2D eigenvalue weighted by molar-refractivity contribution is 5.92. The molecule has 2 amide bonds. The summed E-state index contributed by atoms with van der Waals surface area (Å²) < 4.78 is 72.2. The Morgan fingerprint density at radius 3 is 2.62 bits per heavy atom. The number of amides is 2. The number of imidazole rings is 1. The second-order valence-electron chi connectivity index (χ2n) is 13.2. The van der Waals surface area contributed by atoms with Gasteiger partial charge in [0.1, 0.15) is 5.69 Å². The third kappa shape index (κ3) is 7.60. The monoisotopic (exact) mass is 664 g/mol. The normalized spacial score (nSPS) is 23.5. The molecule has 3 aromatic rings. The van der Waals surface area contributed by atoms with Crippen LogP contribution in [0.2, 0.25) is 0 Å². The molecule has 0 spiro atoms. The van der Waals surface area contributed by atoms with Gasteiger partial charge in [0.05, 0.1) is 29.5 Å². The topological polar surface area (TPSA) is 109 Å². The number of likely N-dealkylation sites (tertiary alicyclic amines) is 1. The average Bonchev–Trinajstić information content (AvgIpc) is 3.68. The van der Waals surface area contributed by atoms with E-state index in [1.807, 2.05) is 13.0 Å². The van der Waals surface area contributed by atoms with Gasteiger partial charge < -0.3 is 10.6 Å². The number of carbonyl (C=O) groups is 2. The molecule has 2 N–H and O–H groups in total. The predicted molar refractivity (Wildman–Crippen MR) is 161 cm³/mol. The van der Waals surface area contributed by atoms with Crippen LogP contribution in [0, 0.1) is 17.8 Å². The Bertz CT molecular complexity index is 1570. The Kier molecular flexibility index (Phi) is 9.54. The Labute approximate surface area is 269 Å². The maximum Gasteiger partial charge on any atom is 0.393 e. The number of hydrogen-bond acceptors (Lipinski definition) is 6. The Morgan fingerprint density at radius 1 is 1.17 bits per heavy atom. The van der Waals surface area contributed by atoms with Gasteiger partial charge in [-0.3, -0.25) is 19.2 Å². The van der Waals surface area contributed by atoms with Crippen molar-refractivity contribution < 1.29 is 31.5 Å². The number of piperidine rings is 2. The van der Waals surface area contributed by atoms with Gasteiger partial charge in [0.25, 0.3) is 5.91 Å². The van der Waals surface area contributed by atoms with Crippen LogP contribution >= 0.6 is 0 Å². The maximum absolute atomic E-state index is 14.2. The molecule has 1 saturated carbocycles. The van der Waals surface area contributed by atoms with E-state index in [0.717, 1.165) is 37.9 Å². The molecule has 15 heteroatoms. The number of halogens is 5. The SMILES string of the molecule is CCn1nccc1C(=O)N[C@H](c1cn2nc(C[C@H]3C[C@@H](C(F)(F)F)CNC3=O)c(CN3CCCCC3)cc2n1)C1CCC(F)(F)CC1. The number of rotatable bonds is 9. The van der Waals surface area contributed by atoms with Crippen LogP contribution in [0.25, 0.3) is 5.65 Å². The van der Waals surface area contributed by atoms with E-state index in [1.165, 1.54) is 10.7 Å². The molecular weight excluding hydrogens is 623 g/mol. The molecule has 3 fully saturated rings. The molecule has 6 rings (SSSR count). The van der Waals surface area contributed by atoms with Crippen molar-refractivity contribution in [1.29, 1.82) is 0 Å². The molecule has 5 heterocycles. The van der Waals surface area contributed by atoms with Crippen molar-refractivity contribution in [2.24, 2.45) is 17.8 Å². The van der Waals surface area contributed by atoms with Crippen LogP contribution in [0.1, 0.15) is 91.8 Å². The number of aryl methyl sites for hydroxylation is 1. The van der Waals surface area contributed by atoms with E-state index in [-0.39, 0.29) is 44.4 Å². The smallest absolute Gasteiger partial charge is 0.355 e. The predicted octanol–water partition coefficient (Wildman–Crippen LogP) is 5.09. The molecule has 0 radical (unpaired) electrons. The van der Waals surface area contributed by atoms with Gasteiger partial charge in [-0.15, -0.1) is 0 Å². The summed E-state index contributed by atoms with van der Waals surface area (Å²) in [5.74, 6) is -6.42. The van der Waals surface area contributed by atoms with Gasteiger partial charge in [0.2, 0.25) is 11.8 Å².